The van der Waals surface area contributed by atoms with Crippen LogP contribution in [0, 0.1) is 0 Å². The van der Waals surface area contributed by atoms with E-state index in [9.17, 15) is 0 Å². The number of nitrogens with two attached hydrogens (primary N) is 1. The summed E-state index contributed by atoms with van der Waals surface area (Å²) in [5.41, 5.74) is 7.74. The van der Waals surface area contributed by atoms with Gasteiger partial charge in [-0.25, -0.2) is 0 Å². The number of nitrogens with zero attached hydrogens (tertiary/aromatic N) is 1. The third-order valence-corrected chi connectivity index (χ3v) is 4.63. The molecule has 0 aliphatic heterocycles. The highest BCUT2D eigenvalue weighted by atomic mass is 79.9. The van der Waals surface area contributed by atoms with Crippen molar-refractivity contribution in [1.82, 2.24) is 4.90 Å². The summed E-state index contributed by atoms with van der Waals surface area (Å²) in [5.74, 6) is 0. The minimum absolute atomic E-state index is 0.116. The molecule has 3 atom stereocenters. The minimum atomic E-state index is 0.116. The van der Waals surface area contributed by atoms with Crippen molar-refractivity contribution in [3.63, 3.8) is 0 Å². The molecule has 0 saturated carbocycles. The van der Waals surface area contributed by atoms with Crippen LogP contribution in [0.25, 0.3) is 0 Å². The van der Waals surface area contributed by atoms with E-state index in [2.05, 4.69) is 65.9 Å². The van der Waals surface area contributed by atoms with Gasteiger partial charge in [0.15, 0.2) is 0 Å². The zero-order valence-electron chi connectivity index (χ0n) is 13.7. The quantitative estimate of drug-likeness (QED) is 0.727. The van der Waals surface area contributed by atoms with Gasteiger partial charge in [-0.15, -0.1) is 0 Å². The smallest absolute Gasteiger partial charge is 0.0590 e. The maximum Gasteiger partial charge on any atom is 0.0590 e. The number of hydrogen-bond donors (Lipinski definition) is 1. The molecule has 0 aromatic heterocycles. The molecule has 0 radical (unpaired) electrons. The van der Waals surface area contributed by atoms with E-state index in [1.54, 1.807) is 7.11 Å². The lowest BCUT2D eigenvalue weighted by atomic mass is 9.94. The maximum atomic E-state index is 6.47. The van der Waals surface area contributed by atoms with Crippen molar-refractivity contribution in [2.24, 2.45) is 5.73 Å². The molecule has 0 saturated heterocycles. The van der Waals surface area contributed by atoms with Crippen LogP contribution in [0.1, 0.15) is 45.2 Å². The molecule has 0 aliphatic carbocycles. The second kappa shape index (κ2) is 9.57. The number of methoxy groups -OCH3 is 1. The van der Waals surface area contributed by atoms with Crippen molar-refractivity contribution in [3.05, 3.63) is 34.3 Å². The standard InChI is InChI=1S/C17H29BrN2O/c1-5-13(3)20(10-11-21-4)17(16(19)6-2)14-8-7-9-15(18)12-14/h7-9,12-13,16-17H,5-6,10-11,19H2,1-4H3. The molecular formula is C17H29BrN2O. The van der Waals surface area contributed by atoms with Crippen LogP contribution in [-0.2, 0) is 4.74 Å². The van der Waals surface area contributed by atoms with E-state index in [-0.39, 0.29) is 12.1 Å². The number of halogens is 1. The monoisotopic (exact) mass is 356 g/mol. The Hall–Kier alpha value is -0.420. The summed E-state index contributed by atoms with van der Waals surface area (Å²) in [6.07, 6.45) is 2.06. The second-order valence-electron chi connectivity index (χ2n) is 5.56. The van der Waals surface area contributed by atoms with Crippen molar-refractivity contribution >= 4 is 15.9 Å². The summed E-state index contributed by atoms with van der Waals surface area (Å²) in [4.78, 5) is 2.49. The van der Waals surface area contributed by atoms with Gasteiger partial charge in [-0.2, -0.15) is 0 Å². The fourth-order valence-electron chi connectivity index (χ4n) is 2.66. The molecule has 3 nitrogen and oxygen atoms in total. The summed E-state index contributed by atoms with van der Waals surface area (Å²) in [6, 6.07) is 9.31. The van der Waals surface area contributed by atoms with Crippen LogP contribution in [0.2, 0.25) is 0 Å². The van der Waals surface area contributed by atoms with Crippen LogP contribution >= 0.6 is 15.9 Å². The van der Waals surface area contributed by atoms with E-state index in [1.165, 1.54) is 5.56 Å². The van der Waals surface area contributed by atoms with Gasteiger partial charge in [0.05, 0.1) is 12.6 Å². The Kier molecular flexibility index (Phi) is 8.49. The molecule has 0 aliphatic rings. The summed E-state index contributed by atoms with van der Waals surface area (Å²) >= 11 is 3.57. The van der Waals surface area contributed by atoms with E-state index < -0.39 is 0 Å². The Labute approximate surface area is 138 Å². The minimum Gasteiger partial charge on any atom is -0.383 e. The van der Waals surface area contributed by atoms with Gasteiger partial charge in [-0.3, -0.25) is 4.90 Å². The van der Waals surface area contributed by atoms with Crippen molar-refractivity contribution in [3.8, 4) is 0 Å². The van der Waals surface area contributed by atoms with Crippen molar-refractivity contribution in [2.45, 2.75) is 51.7 Å². The average Bonchev–Trinajstić information content (AvgIpc) is 2.49. The zero-order valence-corrected chi connectivity index (χ0v) is 15.3. The second-order valence-corrected chi connectivity index (χ2v) is 6.48. The molecule has 1 rings (SSSR count). The molecule has 4 heteroatoms. The third kappa shape index (κ3) is 5.37. The van der Waals surface area contributed by atoms with Gasteiger partial charge in [0.1, 0.15) is 0 Å². The van der Waals surface area contributed by atoms with Gasteiger partial charge in [0.2, 0.25) is 0 Å². The van der Waals surface area contributed by atoms with E-state index in [0.29, 0.717) is 6.04 Å². The molecule has 0 spiro atoms. The number of ether oxygens (including phenoxy) is 1. The Morgan fingerprint density at radius 3 is 2.52 bits per heavy atom. The Morgan fingerprint density at radius 1 is 1.29 bits per heavy atom. The highest BCUT2D eigenvalue weighted by molar-refractivity contribution is 9.10. The first-order valence-corrected chi connectivity index (χ1v) is 8.60. The predicted molar refractivity (Wildman–Crippen MR) is 93.5 cm³/mol. The Bertz CT molecular complexity index is 414. The molecular weight excluding hydrogens is 328 g/mol. The molecule has 0 bridgehead atoms. The zero-order chi connectivity index (χ0) is 15.8. The first-order chi connectivity index (χ1) is 10.0. The molecule has 1 aromatic carbocycles. The molecule has 0 heterocycles. The van der Waals surface area contributed by atoms with Crippen molar-refractivity contribution in [2.75, 3.05) is 20.3 Å². The van der Waals surface area contributed by atoms with Gasteiger partial charge < -0.3 is 10.5 Å². The predicted octanol–water partition coefficient (Wildman–Crippen LogP) is 3.97. The van der Waals surface area contributed by atoms with Crippen LogP contribution in [0.5, 0.6) is 0 Å². The lowest BCUT2D eigenvalue weighted by Gasteiger charge is -2.39. The van der Waals surface area contributed by atoms with Crippen molar-refractivity contribution < 1.29 is 4.74 Å². The first kappa shape index (κ1) is 18.6. The van der Waals surface area contributed by atoms with E-state index in [0.717, 1.165) is 30.5 Å². The normalized spacial score (nSPS) is 16.0. The van der Waals surface area contributed by atoms with Crippen LogP contribution < -0.4 is 5.73 Å². The highest BCUT2D eigenvalue weighted by Crippen LogP contribution is 2.29. The average molecular weight is 357 g/mol. The van der Waals surface area contributed by atoms with Crippen LogP contribution in [0.15, 0.2) is 28.7 Å². The molecule has 21 heavy (non-hydrogen) atoms. The van der Waals surface area contributed by atoms with Gasteiger partial charge in [0, 0.05) is 30.2 Å². The lowest BCUT2D eigenvalue weighted by Crippen LogP contribution is -2.46. The van der Waals surface area contributed by atoms with Gasteiger partial charge in [-0.05, 0) is 37.5 Å². The molecule has 3 unspecified atom stereocenters. The van der Waals surface area contributed by atoms with E-state index in [4.69, 9.17) is 10.5 Å². The van der Waals surface area contributed by atoms with Gasteiger partial charge in [0.25, 0.3) is 0 Å². The maximum absolute atomic E-state index is 6.47. The fraction of sp³-hybridized carbons (Fsp3) is 0.647. The fourth-order valence-corrected chi connectivity index (χ4v) is 3.08. The van der Waals surface area contributed by atoms with E-state index in [1.807, 2.05) is 0 Å². The van der Waals surface area contributed by atoms with Crippen molar-refractivity contribution in [1.29, 1.82) is 0 Å². The lowest BCUT2D eigenvalue weighted by molar-refractivity contribution is 0.0755. The first-order valence-electron chi connectivity index (χ1n) is 7.80. The van der Waals surface area contributed by atoms with Crippen LogP contribution in [0.3, 0.4) is 0 Å². The van der Waals surface area contributed by atoms with Crippen LogP contribution in [0.4, 0.5) is 0 Å². The highest BCUT2D eigenvalue weighted by Gasteiger charge is 2.28. The van der Waals surface area contributed by atoms with Gasteiger partial charge in [-0.1, -0.05) is 41.9 Å². The number of rotatable bonds is 9. The molecule has 1 aromatic rings. The molecule has 0 amide bonds. The number of benzene rings is 1. The topological polar surface area (TPSA) is 38.5 Å². The van der Waals surface area contributed by atoms with E-state index >= 15 is 0 Å². The summed E-state index contributed by atoms with van der Waals surface area (Å²) in [5, 5.41) is 0. The Balaban J connectivity index is 3.12. The molecule has 2 N–H and O–H groups in total. The summed E-state index contributed by atoms with van der Waals surface area (Å²) in [6.45, 7) is 8.27. The van der Waals surface area contributed by atoms with Crippen LogP contribution in [-0.4, -0.2) is 37.2 Å². The molecule has 0 fully saturated rings. The number of hydrogen-bond acceptors (Lipinski definition) is 3. The summed E-state index contributed by atoms with van der Waals surface area (Å²) < 4.78 is 6.40. The third-order valence-electron chi connectivity index (χ3n) is 4.14. The Morgan fingerprint density at radius 2 is 2.00 bits per heavy atom. The molecule has 120 valence electrons. The largest absolute Gasteiger partial charge is 0.383 e. The summed E-state index contributed by atoms with van der Waals surface area (Å²) in [7, 11) is 1.75. The van der Waals surface area contributed by atoms with Gasteiger partial charge >= 0.3 is 0 Å². The SMILES string of the molecule is CCC(N)C(c1cccc(Br)c1)N(CCOC)C(C)CC.